The highest BCUT2D eigenvalue weighted by molar-refractivity contribution is 6.04. The Morgan fingerprint density at radius 3 is 2.83 bits per heavy atom. The fraction of sp³-hybridized carbons (Fsp3) is 0.353. The number of fused-ring (bicyclic) bond motifs is 3. The lowest BCUT2D eigenvalue weighted by atomic mass is 10.2. The summed E-state index contributed by atoms with van der Waals surface area (Å²) in [5, 5.41) is 2.76. The fourth-order valence-corrected chi connectivity index (χ4v) is 2.67. The van der Waals surface area contributed by atoms with Crippen LogP contribution in [0.1, 0.15) is 12.6 Å². The zero-order valence-corrected chi connectivity index (χ0v) is 15.9. The van der Waals surface area contributed by atoms with E-state index in [0.717, 1.165) is 0 Å². The average Bonchev–Trinajstić information content (AvgIpc) is 2.99. The largest absolute Gasteiger partial charge is 0.491 e. The maximum absolute atomic E-state index is 12.6. The van der Waals surface area contributed by atoms with Gasteiger partial charge in [0.15, 0.2) is 5.84 Å². The van der Waals surface area contributed by atoms with E-state index in [1.807, 2.05) is 0 Å². The summed E-state index contributed by atoms with van der Waals surface area (Å²) in [5.41, 5.74) is 11.3. The molecule has 5 N–H and O–H groups in total. The van der Waals surface area contributed by atoms with Gasteiger partial charge in [0.05, 0.1) is 24.5 Å². The first-order valence-corrected chi connectivity index (χ1v) is 8.77. The normalized spacial score (nSPS) is 14.4. The molecule has 0 bridgehead atoms. The maximum atomic E-state index is 12.6. The third-order valence-corrected chi connectivity index (χ3v) is 3.84. The van der Waals surface area contributed by atoms with Crippen LogP contribution in [-0.4, -0.2) is 58.0 Å². The molecule has 13 heteroatoms. The van der Waals surface area contributed by atoms with Gasteiger partial charge in [-0.05, 0) is 6.92 Å². The molecule has 160 valence electrons. The van der Waals surface area contributed by atoms with Gasteiger partial charge in [-0.2, -0.15) is 13.2 Å². The third-order valence-electron chi connectivity index (χ3n) is 3.84. The van der Waals surface area contributed by atoms with Gasteiger partial charge in [0.25, 0.3) is 0 Å². The molecule has 3 rings (SSSR count). The number of rotatable bonds is 5. The summed E-state index contributed by atoms with van der Waals surface area (Å²) < 4.78 is 45.3. The molecule has 0 atom stereocenters. The molecule has 0 saturated heterocycles. The van der Waals surface area contributed by atoms with Gasteiger partial charge in [0, 0.05) is 18.5 Å². The molecule has 1 amide bonds. The Balaban J connectivity index is 1.98. The summed E-state index contributed by atoms with van der Waals surface area (Å²) in [6.45, 7) is 0.609. The number of pyridine rings is 1. The van der Waals surface area contributed by atoms with Crippen molar-refractivity contribution in [1.29, 1.82) is 0 Å². The molecule has 1 aliphatic heterocycles. The van der Waals surface area contributed by atoms with Crippen molar-refractivity contribution in [2.75, 3.05) is 25.0 Å². The fourth-order valence-electron chi connectivity index (χ4n) is 2.67. The number of amidine groups is 2. The maximum Gasteiger partial charge on any atom is 0.408 e. The van der Waals surface area contributed by atoms with Gasteiger partial charge in [-0.15, -0.1) is 0 Å². The summed E-state index contributed by atoms with van der Waals surface area (Å²) in [6.07, 6.45) is -1.47. The zero-order valence-electron chi connectivity index (χ0n) is 15.9. The predicted octanol–water partition coefficient (Wildman–Crippen LogP) is 0.921. The molecular weight excluding hydrogens is 405 g/mol. The van der Waals surface area contributed by atoms with Crippen LogP contribution in [-0.2, 0) is 11.3 Å². The highest BCUT2D eigenvalue weighted by Crippen LogP contribution is 2.33. The van der Waals surface area contributed by atoms with Crippen LogP contribution in [0.2, 0.25) is 0 Å². The number of amides is 1. The number of anilines is 1. The summed E-state index contributed by atoms with van der Waals surface area (Å²) in [4.78, 5) is 26.9. The Labute approximate surface area is 168 Å². The van der Waals surface area contributed by atoms with Crippen LogP contribution in [0, 0.1) is 0 Å². The molecule has 0 saturated carbocycles. The van der Waals surface area contributed by atoms with E-state index in [1.54, 1.807) is 10.6 Å². The second-order valence-electron chi connectivity index (χ2n) is 6.39. The molecule has 0 spiro atoms. The van der Waals surface area contributed by atoms with E-state index < -0.39 is 18.6 Å². The van der Waals surface area contributed by atoms with Crippen molar-refractivity contribution in [2.45, 2.75) is 19.6 Å². The number of carbonyl (C=O) groups is 1. The van der Waals surface area contributed by atoms with Crippen molar-refractivity contribution < 1.29 is 22.7 Å². The summed E-state index contributed by atoms with van der Waals surface area (Å²) in [5.74, 6) is 0.534. The number of nitrogens with one attached hydrogen (secondary N) is 1. The number of primary amides is 1. The molecule has 2 aromatic heterocycles. The van der Waals surface area contributed by atoms with Gasteiger partial charge in [0.1, 0.15) is 36.2 Å². The number of nitrogens with zero attached hydrogens (tertiary/aromatic N) is 5. The number of nitrogens with two attached hydrogens (primary N) is 2. The van der Waals surface area contributed by atoms with Gasteiger partial charge < -0.3 is 26.1 Å². The van der Waals surface area contributed by atoms with Crippen LogP contribution < -0.4 is 21.5 Å². The molecule has 0 radical (unpaired) electrons. The van der Waals surface area contributed by atoms with Gasteiger partial charge in [-0.3, -0.25) is 9.79 Å². The molecule has 3 heterocycles. The Hall–Kier alpha value is -3.64. The van der Waals surface area contributed by atoms with Crippen molar-refractivity contribution in [3.8, 4) is 17.1 Å². The molecular formula is C17H19F3N8O2. The molecule has 0 aliphatic carbocycles. The lowest BCUT2D eigenvalue weighted by Crippen LogP contribution is -2.22. The average molecular weight is 424 g/mol. The predicted molar refractivity (Wildman–Crippen MR) is 103 cm³/mol. The third kappa shape index (κ3) is 5.24. The van der Waals surface area contributed by atoms with Crippen LogP contribution in [0.4, 0.5) is 19.0 Å². The topological polar surface area (TPSA) is 146 Å². The number of hydrogen-bond acceptors (Lipinski definition) is 6. The van der Waals surface area contributed by atoms with Crippen molar-refractivity contribution in [3.63, 3.8) is 0 Å². The van der Waals surface area contributed by atoms with Crippen molar-refractivity contribution >= 4 is 23.4 Å². The molecule has 10 nitrogen and oxygen atoms in total. The summed E-state index contributed by atoms with van der Waals surface area (Å²) >= 11 is 0. The Kier molecular flexibility index (Phi) is 5.89. The number of aliphatic imine (C=N–C) groups is 2. The molecule has 30 heavy (non-hydrogen) atoms. The van der Waals surface area contributed by atoms with Crippen LogP contribution in [0.3, 0.4) is 0 Å². The quantitative estimate of drug-likeness (QED) is 0.481. The van der Waals surface area contributed by atoms with Crippen molar-refractivity contribution in [1.82, 2.24) is 14.5 Å². The summed E-state index contributed by atoms with van der Waals surface area (Å²) in [6, 6.07) is 1.59. The van der Waals surface area contributed by atoms with E-state index >= 15 is 0 Å². The number of carbonyl (C=O) groups excluding carboxylic acids is 1. The minimum atomic E-state index is -4.49. The lowest BCUT2D eigenvalue weighted by molar-refractivity contribution is -0.118. The minimum absolute atomic E-state index is 0.0506. The van der Waals surface area contributed by atoms with E-state index in [1.165, 1.54) is 19.3 Å². The van der Waals surface area contributed by atoms with E-state index in [9.17, 15) is 18.0 Å². The number of imidazole rings is 1. The van der Waals surface area contributed by atoms with Crippen LogP contribution in [0.5, 0.6) is 5.75 Å². The second kappa shape index (κ2) is 8.39. The van der Waals surface area contributed by atoms with Gasteiger partial charge in [-0.25, -0.2) is 15.0 Å². The van der Waals surface area contributed by atoms with Crippen LogP contribution >= 0.6 is 0 Å². The number of alkyl halides is 3. The van der Waals surface area contributed by atoms with Gasteiger partial charge >= 0.3 is 6.18 Å². The number of halogens is 3. The van der Waals surface area contributed by atoms with Crippen molar-refractivity contribution in [2.24, 2.45) is 21.5 Å². The molecule has 0 fully saturated rings. The van der Waals surface area contributed by atoms with Gasteiger partial charge in [0.2, 0.25) is 5.91 Å². The van der Waals surface area contributed by atoms with Crippen LogP contribution in [0.25, 0.3) is 11.4 Å². The van der Waals surface area contributed by atoms with E-state index in [0.29, 0.717) is 29.5 Å². The number of ether oxygens (including phenoxy) is 1. The summed E-state index contributed by atoms with van der Waals surface area (Å²) in [7, 11) is 0. The molecule has 1 aliphatic rings. The van der Waals surface area contributed by atoms with Crippen LogP contribution in [0.15, 0.2) is 28.4 Å². The highest BCUT2D eigenvalue weighted by atomic mass is 19.4. The first-order valence-electron chi connectivity index (χ1n) is 8.77. The van der Waals surface area contributed by atoms with E-state index in [4.69, 9.17) is 16.2 Å². The standard InChI is InChI=1S/C17H19F3N8O2/c1-9(21)26-15(25-8-17(18,19)20)11-7-28-2-3-30-12-4-14(24-6-13(22)29)23-5-10(12)16(28)27-11/h4-5,7H,2-3,6,8H2,1H3,(H2,22,29)(H,23,24)(H2,21,25,26). The van der Waals surface area contributed by atoms with E-state index in [2.05, 4.69) is 25.3 Å². The molecule has 0 aromatic carbocycles. The zero-order chi connectivity index (χ0) is 21.9. The van der Waals surface area contributed by atoms with Gasteiger partial charge in [-0.1, -0.05) is 0 Å². The Bertz CT molecular complexity index is 1010. The monoisotopic (exact) mass is 424 g/mol. The second-order valence-corrected chi connectivity index (χ2v) is 6.39. The Morgan fingerprint density at radius 1 is 1.40 bits per heavy atom. The molecule has 0 unspecified atom stereocenters. The first kappa shape index (κ1) is 21.1. The number of aromatic nitrogens is 3. The molecule has 2 aromatic rings. The first-order chi connectivity index (χ1) is 14.1. The van der Waals surface area contributed by atoms with Crippen molar-refractivity contribution in [3.05, 3.63) is 24.2 Å². The number of hydrogen-bond donors (Lipinski definition) is 3. The minimum Gasteiger partial charge on any atom is -0.491 e. The SMILES string of the molecule is CC(N)=NC(=NCC(F)(F)F)c1cn2c(n1)-c1cnc(NCC(N)=O)cc1OCC2. The highest BCUT2D eigenvalue weighted by Gasteiger charge is 2.28. The lowest BCUT2D eigenvalue weighted by Gasteiger charge is -2.09. The van der Waals surface area contributed by atoms with E-state index in [-0.39, 0.29) is 30.5 Å². The Morgan fingerprint density at radius 2 is 2.17 bits per heavy atom. The smallest absolute Gasteiger partial charge is 0.408 e.